The van der Waals surface area contributed by atoms with Crippen LogP contribution in [0.5, 0.6) is 0 Å². The Morgan fingerprint density at radius 2 is 2.53 bits per heavy atom. The Bertz CT molecular complexity index is 381. The fourth-order valence-corrected chi connectivity index (χ4v) is 3.11. The number of amides is 1. The molecule has 0 bridgehead atoms. The van der Waals surface area contributed by atoms with Crippen LogP contribution < -0.4 is 5.32 Å². The Hall–Kier alpha value is -1.08. The fraction of sp³-hybridized carbons (Fsp3) is 0.500. The number of nitrogens with zero attached hydrogens (tertiary/aromatic N) is 1. The molecule has 0 radical (unpaired) electrons. The number of carboxylic acids is 1. The molecule has 1 rings (SSSR count). The molecule has 1 atom stereocenters. The van der Waals surface area contributed by atoms with E-state index in [1.165, 1.54) is 16.6 Å². The lowest BCUT2D eigenvalue weighted by molar-refractivity contribution is -0.139. The summed E-state index contributed by atoms with van der Waals surface area (Å²) in [5, 5.41) is 11.1. The summed E-state index contributed by atoms with van der Waals surface area (Å²) >= 11 is 3.13. The van der Waals surface area contributed by atoms with Crippen LogP contribution in [0.2, 0.25) is 0 Å². The van der Waals surface area contributed by atoms with E-state index in [1.54, 1.807) is 11.3 Å². The van der Waals surface area contributed by atoms with Gasteiger partial charge >= 0.3 is 5.97 Å². The summed E-state index contributed by atoms with van der Waals surface area (Å²) in [6.45, 7) is 1.96. The Morgan fingerprint density at radius 1 is 1.76 bits per heavy atom. The predicted molar refractivity (Wildman–Crippen MR) is 68.5 cm³/mol. The van der Waals surface area contributed by atoms with E-state index < -0.39 is 12.0 Å². The highest BCUT2D eigenvalue weighted by atomic mass is 32.2. The number of nitrogens with one attached hydrogen (secondary N) is 1. The zero-order valence-electron chi connectivity index (χ0n) is 9.38. The smallest absolute Gasteiger partial charge is 0.327 e. The maximum atomic E-state index is 10.7. The van der Waals surface area contributed by atoms with E-state index >= 15 is 0 Å². The number of aromatic nitrogens is 1. The van der Waals surface area contributed by atoms with Crippen LogP contribution in [0.1, 0.15) is 10.6 Å². The molecule has 1 aromatic rings. The molecule has 0 aliphatic heterocycles. The molecule has 0 spiro atoms. The molecule has 1 aromatic heterocycles. The monoisotopic (exact) mass is 274 g/mol. The molecule has 0 saturated carbocycles. The SMILES string of the molecule is Cc1ncsc1CCSCC(NC=O)C(=O)O. The van der Waals surface area contributed by atoms with Gasteiger partial charge in [0, 0.05) is 10.6 Å². The third kappa shape index (κ3) is 4.74. The van der Waals surface area contributed by atoms with Gasteiger partial charge in [0.15, 0.2) is 0 Å². The second kappa shape index (κ2) is 7.29. The normalized spacial score (nSPS) is 12.1. The van der Waals surface area contributed by atoms with E-state index in [-0.39, 0.29) is 0 Å². The quantitative estimate of drug-likeness (QED) is 0.544. The number of rotatable bonds is 8. The summed E-state index contributed by atoms with van der Waals surface area (Å²) < 4.78 is 0. The van der Waals surface area contributed by atoms with E-state index in [9.17, 15) is 9.59 Å². The number of thioether (sulfide) groups is 1. The lowest BCUT2D eigenvalue weighted by Gasteiger charge is -2.09. The Balaban J connectivity index is 2.25. The number of carbonyl (C=O) groups is 2. The van der Waals surface area contributed by atoms with Crippen molar-refractivity contribution in [2.24, 2.45) is 0 Å². The molecule has 0 fully saturated rings. The van der Waals surface area contributed by atoms with Crippen molar-refractivity contribution in [1.82, 2.24) is 10.3 Å². The van der Waals surface area contributed by atoms with Crippen LogP contribution in [-0.4, -0.2) is 40.0 Å². The van der Waals surface area contributed by atoms with E-state index in [0.29, 0.717) is 12.2 Å². The zero-order valence-corrected chi connectivity index (χ0v) is 11.0. The second-order valence-corrected chi connectivity index (χ2v) is 5.45. The summed E-state index contributed by atoms with van der Waals surface area (Å²) in [5.74, 6) is 0.206. The predicted octanol–water partition coefficient (Wildman–Crippen LogP) is 0.926. The minimum Gasteiger partial charge on any atom is -0.480 e. The van der Waals surface area contributed by atoms with Gasteiger partial charge in [0.2, 0.25) is 6.41 Å². The molecule has 1 heterocycles. The zero-order chi connectivity index (χ0) is 12.7. The first-order valence-corrected chi connectivity index (χ1v) is 7.07. The summed E-state index contributed by atoms with van der Waals surface area (Å²) in [5.41, 5.74) is 2.85. The summed E-state index contributed by atoms with van der Waals surface area (Å²) in [6.07, 6.45) is 1.31. The number of aliphatic carboxylic acids is 1. The molecule has 0 aromatic carbocycles. The van der Waals surface area contributed by atoms with E-state index in [2.05, 4.69) is 10.3 Å². The average Bonchev–Trinajstić information content (AvgIpc) is 2.68. The fourth-order valence-electron chi connectivity index (χ4n) is 1.21. The Morgan fingerprint density at radius 3 is 3.06 bits per heavy atom. The van der Waals surface area contributed by atoms with Crippen LogP contribution >= 0.6 is 23.1 Å². The maximum Gasteiger partial charge on any atom is 0.327 e. The number of thiazole rings is 1. The molecule has 0 aliphatic carbocycles. The van der Waals surface area contributed by atoms with Crippen molar-refractivity contribution in [1.29, 1.82) is 0 Å². The second-order valence-electron chi connectivity index (χ2n) is 3.36. The van der Waals surface area contributed by atoms with Gasteiger partial charge in [0.25, 0.3) is 0 Å². The average molecular weight is 274 g/mol. The van der Waals surface area contributed by atoms with Crippen molar-refractivity contribution in [3.8, 4) is 0 Å². The maximum absolute atomic E-state index is 10.7. The van der Waals surface area contributed by atoms with Crippen LogP contribution in [0.15, 0.2) is 5.51 Å². The van der Waals surface area contributed by atoms with Crippen LogP contribution in [0.3, 0.4) is 0 Å². The molecule has 94 valence electrons. The lowest BCUT2D eigenvalue weighted by Crippen LogP contribution is -2.37. The first-order valence-electron chi connectivity index (χ1n) is 5.04. The first kappa shape index (κ1) is 14.0. The van der Waals surface area contributed by atoms with Crippen LogP contribution in [0.25, 0.3) is 0 Å². The molecule has 17 heavy (non-hydrogen) atoms. The van der Waals surface area contributed by atoms with Crippen molar-refractivity contribution in [2.45, 2.75) is 19.4 Å². The van der Waals surface area contributed by atoms with E-state index in [4.69, 9.17) is 5.11 Å². The van der Waals surface area contributed by atoms with Gasteiger partial charge in [-0.2, -0.15) is 11.8 Å². The van der Waals surface area contributed by atoms with Crippen LogP contribution in [0, 0.1) is 6.92 Å². The largest absolute Gasteiger partial charge is 0.480 e. The Labute approximate surface area is 108 Å². The highest BCUT2D eigenvalue weighted by Gasteiger charge is 2.15. The first-order chi connectivity index (χ1) is 8.15. The van der Waals surface area contributed by atoms with Gasteiger partial charge in [-0.05, 0) is 19.1 Å². The number of carbonyl (C=O) groups excluding carboxylic acids is 1. The summed E-state index contributed by atoms with van der Waals surface area (Å²) in [4.78, 5) is 26.3. The number of hydrogen-bond donors (Lipinski definition) is 2. The van der Waals surface area contributed by atoms with Crippen molar-refractivity contribution < 1.29 is 14.7 Å². The summed E-state index contributed by atoms with van der Waals surface area (Å²) in [6, 6.07) is -0.806. The van der Waals surface area contributed by atoms with Crippen LogP contribution in [0.4, 0.5) is 0 Å². The van der Waals surface area contributed by atoms with Crippen molar-refractivity contribution in [3.05, 3.63) is 16.1 Å². The van der Waals surface area contributed by atoms with Gasteiger partial charge in [-0.3, -0.25) is 4.79 Å². The number of aryl methyl sites for hydroxylation is 2. The number of carboxylic acid groups (broad SMARTS) is 1. The van der Waals surface area contributed by atoms with Gasteiger partial charge in [-0.1, -0.05) is 0 Å². The molecule has 1 unspecified atom stereocenters. The van der Waals surface area contributed by atoms with Crippen molar-refractivity contribution in [2.75, 3.05) is 11.5 Å². The van der Waals surface area contributed by atoms with E-state index in [1.807, 2.05) is 12.4 Å². The minimum absolute atomic E-state index is 0.381. The van der Waals surface area contributed by atoms with Gasteiger partial charge in [0.05, 0.1) is 11.2 Å². The molecule has 2 N–H and O–H groups in total. The molecule has 0 aliphatic rings. The highest BCUT2D eigenvalue weighted by molar-refractivity contribution is 7.99. The van der Waals surface area contributed by atoms with Gasteiger partial charge in [-0.25, -0.2) is 9.78 Å². The number of hydrogen-bond acceptors (Lipinski definition) is 5. The van der Waals surface area contributed by atoms with Gasteiger partial charge in [-0.15, -0.1) is 11.3 Å². The molecular formula is C10H14N2O3S2. The van der Waals surface area contributed by atoms with Crippen molar-refractivity contribution in [3.63, 3.8) is 0 Å². The van der Waals surface area contributed by atoms with Crippen LogP contribution in [-0.2, 0) is 16.0 Å². The van der Waals surface area contributed by atoms with E-state index in [0.717, 1.165) is 17.9 Å². The minimum atomic E-state index is -1.00. The Kier molecular flexibility index (Phi) is 5.99. The standard InChI is InChI=1S/C10H14N2O3S2/c1-7-9(17-6-12-7)2-3-16-4-8(10(14)15)11-5-13/h5-6,8H,2-4H2,1H3,(H,11,13)(H,14,15). The lowest BCUT2D eigenvalue weighted by atomic mass is 10.3. The molecule has 0 saturated heterocycles. The molecule has 5 nitrogen and oxygen atoms in total. The molecule has 7 heteroatoms. The topological polar surface area (TPSA) is 79.3 Å². The third-order valence-electron chi connectivity index (χ3n) is 2.17. The molecule has 1 amide bonds. The van der Waals surface area contributed by atoms with Gasteiger partial charge in [0.1, 0.15) is 6.04 Å². The highest BCUT2D eigenvalue weighted by Crippen LogP contribution is 2.15. The van der Waals surface area contributed by atoms with Crippen molar-refractivity contribution >= 4 is 35.5 Å². The van der Waals surface area contributed by atoms with Gasteiger partial charge < -0.3 is 10.4 Å². The molecular weight excluding hydrogens is 260 g/mol. The third-order valence-corrected chi connectivity index (χ3v) is 4.23. The summed E-state index contributed by atoms with van der Waals surface area (Å²) in [7, 11) is 0.